The summed E-state index contributed by atoms with van der Waals surface area (Å²) in [5, 5.41) is 8.83. The molecule has 0 spiro atoms. The lowest BCUT2D eigenvalue weighted by molar-refractivity contribution is 0.0350. The van der Waals surface area contributed by atoms with E-state index in [4.69, 9.17) is 9.84 Å². The van der Waals surface area contributed by atoms with E-state index in [-0.39, 0.29) is 18.6 Å². The van der Waals surface area contributed by atoms with E-state index in [1.807, 2.05) is 30.0 Å². The van der Waals surface area contributed by atoms with Crippen LogP contribution in [-0.4, -0.2) is 48.8 Å². The topological polar surface area (TPSA) is 49.8 Å². The second kappa shape index (κ2) is 7.26. The maximum atomic E-state index is 12.7. The fraction of sp³-hybridized carbons (Fsp3) is 0.471. The fourth-order valence-corrected chi connectivity index (χ4v) is 2.54. The van der Waals surface area contributed by atoms with Crippen molar-refractivity contribution in [1.29, 1.82) is 0 Å². The molecule has 4 nitrogen and oxygen atoms in total. The molecule has 4 heteroatoms. The van der Waals surface area contributed by atoms with Gasteiger partial charge in [-0.3, -0.25) is 4.79 Å². The van der Waals surface area contributed by atoms with Crippen LogP contribution < -0.4 is 0 Å². The second-order valence-corrected chi connectivity index (χ2v) is 5.24. The number of amides is 1. The molecule has 0 aromatic heterocycles. The van der Waals surface area contributed by atoms with Crippen molar-refractivity contribution in [3.63, 3.8) is 0 Å². The highest BCUT2D eigenvalue weighted by Gasteiger charge is 2.24. The van der Waals surface area contributed by atoms with Crippen LogP contribution in [0.5, 0.6) is 0 Å². The number of likely N-dealkylation sites (tertiary alicyclic amines) is 1. The summed E-state index contributed by atoms with van der Waals surface area (Å²) >= 11 is 0. The minimum atomic E-state index is -0.208. The van der Waals surface area contributed by atoms with Crippen LogP contribution in [0.3, 0.4) is 0 Å². The van der Waals surface area contributed by atoms with E-state index < -0.39 is 0 Å². The average Bonchev–Trinajstić information content (AvgIpc) is 2.53. The first-order chi connectivity index (χ1) is 10.2. The molecule has 1 saturated heterocycles. The van der Waals surface area contributed by atoms with E-state index >= 15 is 0 Å². The average molecular weight is 287 g/mol. The Morgan fingerprint density at radius 3 is 2.76 bits per heavy atom. The van der Waals surface area contributed by atoms with E-state index in [1.165, 1.54) is 0 Å². The van der Waals surface area contributed by atoms with Crippen molar-refractivity contribution in [3.05, 3.63) is 34.9 Å². The number of aliphatic hydroxyl groups is 1. The van der Waals surface area contributed by atoms with Gasteiger partial charge in [-0.25, -0.2) is 0 Å². The van der Waals surface area contributed by atoms with E-state index in [1.54, 1.807) is 7.11 Å². The molecule has 1 amide bonds. The highest BCUT2D eigenvalue weighted by molar-refractivity contribution is 5.97. The predicted octanol–water partition coefficient (Wildman–Crippen LogP) is 1.59. The first-order valence-corrected chi connectivity index (χ1v) is 7.18. The van der Waals surface area contributed by atoms with Crippen LogP contribution >= 0.6 is 0 Å². The van der Waals surface area contributed by atoms with Crippen LogP contribution in [0.1, 0.15) is 34.3 Å². The zero-order valence-corrected chi connectivity index (χ0v) is 12.6. The van der Waals surface area contributed by atoms with Gasteiger partial charge in [-0.15, -0.1) is 0 Å². The number of hydrogen-bond donors (Lipinski definition) is 1. The number of carbonyl (C=O) groups excluding carboxylic acids is 1. The number of nitrogens with zero attached hydrogens (tertiary/aromatic N) is 1. The number of aliphatic hydroxyl groups excluding tert-OH is 1. The normalized spacial score (nSPS) is 15.5. The number of rotatable bonds is 2. The lowest BCUT2D eigenvalue weighted by atomic mass is 10.0. The number of benzene rings is 1. The number of ether oxygens (including phenoxy) is 1. The zero-order valence-electron chi connectivity index (χ0n) is 12.6. The second-order valence-electron chi connectivity index (χ2n) is 5.24. The Labute approximate surface area is 125 Å². The van der Waals surface area contributed by atoms with Gasteiger partial charge in [0, 0.05) is 25.8 Å². The summed E-state index contributed by atoms with van der Waals surface area (Å²) in [5.41, 5.74) is 2.32. The van der Waals surface area contributed by atoms with Crippen molar-refractivity contribution in [2.24, 2.45) is 0 Å². The molecule has 112 valence electrons. The standard InChI is InChI=1S/C17H21NO3/c1-13-5-6-14(4-3-11-19)16(12-13)17(20)18-9-7-15(21-2)8-10-18/h5-6,12,15,19H,7-11H2,1-2H3. The van der Waals surface area contributed by atoms with Crippen molar-refractivity contribution in [1.82, 2.24) is 4.90 Å². The SMILES string of the molecule is COC1CCN(C(=O)c2cc(C)ccc2C#CCO)CC1. The Morgan fingerprint density at radius 1 is 1.43 bits per heavy atom. The molecule has 0 aliphatic carbocycles. The van der Waals surface area contributed by atoms with Gasteiger partial charge in [-0.1, -0.05) is 23.5 Å². The Kier molecular flexibility index (Phi) is 5.38. The molecule has 0 bridgehead atoms. The summed E-state index contributed by atoms with van der Waals surface area (Å²) in [5.74, 6) is 5.48. The molecule has 1 fully saturated rings. The number of piperidine rings is 1. The van der Waals surface area contributed by atoms with Gasteiger partial charge in [-0.05, 0) is 31.9 Å². The number of carbonyl (C=O) groups is 1. The number of aryl methyl sites for hydroxylation is 1. The van der Waals surface area contributed by atoms with Crippen LogP contribution in [0.15, 0.2) is 18.2 Å². The summed E-state index contributed by atoms with van der Waals surface area (Å²) in [6, 6.07) is 5.63. The smallest absolute Gasteiger partial charge is 0.255 e. The van der Waals surface area contributed by atoms with Gasteiger partial charge >= 0.3 is 0 Å². The Bertz CT molecular complexity index is 563. The summed E-state index contributed by atoms with van der Waals surface area (Å²) in [7, 11) is 1.71. The summed E-state index contributed by atoms with van der Waals surface area (Å²) in [6.07, 6.45) is 1.98. The van der Waals surface area contributed by atoms with Gasteiger partial charge < -0.3 is 14.7 Å². The van der Waals surface area contributed by atoms with Crippen LogP contribution in [0.4, 0.5) is 0 Å². The van der Waals surface area contributed by atoms with Crippen LogP contribution in [0.2, 0.25) is 0 Å². The third kappa shape index (κ3) is 3.84. The monoisotopic (exact) mass is 287 g/mol. The molecule has 0 unspecified atom stereocenters. The maximum absolute atomic E-state index is 12.7. The van der Waals surface area contributed by atoms with Gasteiger partial charge in [0.1, 0.15) is 6.61 Å². The van der Waals surface area contributed by atoms with Crippen molar-refractivity contribution in [2.45, 2.75) is 25.9 Å². The van der Waals surface area contributed by atoms with E-state index in [0.717, 1.165) is 18.4 Å². The summed E-state index contributed by atoms with van der Waals surface area (Å²) in [4.78, 5) is 14.5. The van der Waals surface area contributed by atoms with Gasteiger partial charge in [0.15, 0.2) is 0 Å². The van der Waals surface area contributed by atoms with Gasteiger partial charge in [0.2, 0.25) is 0 Å². The fourth-order valence-electron chi connectivity index (χ4n) is 2.54. The highest BCUT2D eigenvalue weighted by atomic mass is 16.5. The Morgan fingerprint density at radius 2 is 2.14 bits per heavy atom. The molecular formula is C17H21NO3. The molecule has 1 aromatic carbocycles. The molecule has 1 aromatic rings. The van der Waals surface area contributed by atoms with Crippen molar-refractivity contribution < 1.29 is 14.6 Å². The zero-order chi connectivity index (χ0) is 15.2. The number of hydrogen-bond acceptors (Lipinski definition) is 3. The lowest BCUT2D eigenvalue weighted by Crippen LogP contribution is -2.40. The van der Waals surface area contributed by atoms with Crippen LogP contribution in [0.25, 0.3) is 0 Å². The van der Waals surface area contributed by atoms with Gasteiger partial charge in [0.05, 0.1) is 11.7 Å². The molecular weight excluding hydrogens is 266 g/mol. The Balaban J connectivity index is 2.20. The molecule has 21 heavy (non-hydrogen) atoms. The minimum absolute atomic E-state index is 0.00972. The van der Waals surface area contributed by atoms with Gasteiger partial charge in [0.25, 0.3) is 5.91 Å². The predicted molar refractivity (Wildman–Crippen MR) is 81.1 cm³/mol. The summed E-state index contributed by atoms with van der Waals surface area (Å²) < 4.78 is 5.33. The van der Waals surface area contributed by atoms with Crippen molar-refractivity contribution >= 4 is 5.91 Å². The summed E-state index contributed by atoms with van der Waals surface area (Å²) in [6.45, 7) is 3.16. The molecule has 1 aliphatic heterocycles. The third-order valence-corrected chi connectivity index (χ3v) is 3.77. The van der Waals surface area contributed by atoms with Crippen molar-refractivity contribution in [3.8, 4) is 11.8 Å². The van der Waals surface area contributed by atoms with Gasteiger partial charge in [-0.2, -0.15) is 0 Å². The molecule has 2 rings (SSSR count). The van der Waals surface area contributed by atoms with E-state index in [9.17, 15) is 4.79 Å². The molecule has 0 atom stereocenters. The molecule has 0 saturated carbocycles. The molecule has 1 aliphatic rings. The number of methoxy groups -OCH3 is 1. The lowest BCUT2D eigenvalue weighted by Gasteiger charge is -2.31. The first kappa shape index (κ1) is 15.6. The van der Waals surface area contributed by atoms with E-state index in [2.05, 4.69) is 11.8 Å². The highest BCUT2D eigenvalue weighted by Crippen LogP contribution is 2.18. The molecule has 0 radical (unpaired) electrons. The van der Waals surface area contributed by atoms with Crippen molar-refractivity contribution in [2.75, 3.05) is 26.8 Å². The minimum Gasteiger partial charge on any atom is -0.384 e. The largest absolute Gasteiger partial charge is 0.384 e. The van der Waals surface area contributed by atoms with Crippen LogP contribution in [0, 0.1) is 18.8 Å². The maximum Gasteiger partial charge on any atom is 0.255 e. The first-order valence-electron chi connectivity index (χ1n) is 7.18. The molecule has 1 N–H and O–H groups in total. The third-order valence-electron chi connectivity index (χ3n) is 3.77. The Hall–Kier alpha value is -1.83. The molecule has 1 heterocycles. The quantitative estimate of drug-likeness (QED) is 0.840. The van der Waals surface area contributed by atoms with Crippen LogP contribution in [-0.2, 0) is 4.74 Å². The van der Waals surface area contributed by atoms with E-state index in [0.29, 0.717) is 24.2 Å².